The molecule has 0 saturated heterocycles. The molecular formula is C18H13BrN2O4. The molecule has 0 bridgehead atoms. The molecule has 0 saturated carbocycles. The lowest BCUT2D eigenvalue weighted by atomic mass is 9.98. The molecule has 1 aromatic heterocycles. The molecule has 1 heterocycles. The van der Waals surface area contributed by atoms with Gasteiger partial charge in [0.1, 0.15) is 16.0 Å². The van der Waals surface area contributed by atoms with E-state index in [0.29, 0.717) is 15.4 Å². The van der Waals surface area contributed by atoms with Crippen LogP contribution in [0.5, 0.6) is 5.75 Å². The summed E-state index contributed by atoms with van der Waals surface area (Å²) < 4.78 is 0.383. The smallest absolute Gasteiger partial charge is 0.332 e. The van der Waals surface area contributed by atoms with Gasteiger partial charge in [0.25, 0.3) is 0 Å². The third-order valence-electron chi connectivity index (χ3n) is 3.83. The van der Waals surface area contributed by atoms with Crippen molar-refractivity contribution in [2.45, 2.75) is 6.04 Å². The van der Waals surface area contributed by atoms with Gasteiger partial charge in [-0.25, -0.2) is 9.78 Å². The zero-order valence-corrected chi connectivity index (χ0v) is 14.4. The molecule has 0 radical (unpaired) electrons. The molecule has 0 aliphatic heterocycles. The molecule has 25 heavy (non-hydrogen) atoms. The van der Waals surface area contributed by atoms with Crippen LogP contribution >= 0.6 is 15.9 Å². The normalized spacial score (nSPS) is 11.9. The molecule has 3 aromatic rings. The van der Waals surface area contributed by atoms with Crippen molar-refractivity contribution in [2.24, 2.45) is 0 Å². The van der Waals surface area contributed by atoms with Crippen LogP contribution in [0, 0.1) is 0 Å². The summed E-state index contributed by atoms with van der Waals surface area (Å²) in [6.07, 6.45) is 0.262. The fraction of sp³-hybridized carbons (Fsp3) is 0.0556. The third-order valence-corrected chi connectivity index (χ3v) is 4.40. The van der Waals surface area contributed by atoms with Crippen molar-refractivity contribution in [2.75, 3.05) is 0 Å². The summed E-state index contributed by atoms with van der Waals surface area (Å²) in [6.45, 7) is 0. The van der Waals surface area contributed by atoms with Crippen LogP contribution in [-0.4, -0.2) is 27.6 Å². The number of aromatic hydroxyl groups is 1. The predicted octanol–water partition coefficient (Wildman–Crippen LogP) is 3.24. The Morgan fingerprint density at radius 1 is 1.16 bits per heavy atom. The number of carbonyl (C=O) groups excluding carboxylic acids is 1. The van der Waals surface area contributed by atoms with E-state index in [9.17, 15) is 19.8 Å². The zero-order chi connectivity index (χ0) is 18.0. The number of nitrogens with one attached hydrogen (secondary N) is 1. The van der Waals surface area contributed by atoms with Gasteiger partial charge in [0.05, 0.1) is 0 Å². The van der Waals surface area contributed by atoms with Crippen molar-refractivity contribution in [1.29, 1.82) is 0 Å². The maximum Gasteiger partial charge on any atom is 0.332 e. The van der Waals surface area contributed by atoms with Crippen molar-refractivity contribution in [1.82, 2.24) is 10.3 Å². The minimum atomic E-state index is -1.45. The highest BCUT2D eigenvalue weighted by Crippen LogP contribution is 2.40. The Kier molecular flexibility index (Phi) is 4.67. The molecule has 7 heteroatoms. The molecule has 0 spiro atoms. The first-order chi connectivity index (χ1) is 12.0. The average molecular weight is 401 g/mol. The highest BCUT2D eigenvalue weighted by Gasteiger charge is 2.27. The SMILES string of the molecule is O=CN[C@H](C(=O)O)c1nc(Br)c2c(-c3ccccc3)cccc2c1O. The quantitative estimate of drug-likeness (QED) is 0.450. The summed E-state index contributed by atoms with van der Waals surface area (Å²) in [5.74, 6) is -1.60. The Labute approximate surface area is 151 Å². The number of rotatable bonds is 5. The standard InChI is InChI=1S/C18H13BrN2O4/c19-17-13-11(10-5-2-1-3-6-10)7-4-8-12(13)16(23)14(21-17)15(18(24)25)20-9-22/h1-9,15,23H,(H,20,22)(H,24,25)/t15-/m0/s1. The predicted molar refractivity (Wildman–Crippen MR) is 96.1 cm³/mol. The third kappa shape index (κ3) is 3.06. The average Bonchev–Trinajstić information content (AvgIpc) is 2.63. The minimum absolute atomic E-state index is 0.135. The van der Waals surface area contributed by atoms with Gasteiger partial charge in [-0.3, -0.25) is 4.79 Å². The first-order valence-corrected chi connectivity index (χ1v) is 8.13. The lowest BCUT2D eigenvalue weighted by Crippen LogP contribution is -2.28. The molecule has 6 nitrogen and oxygen atoms in total. The Morgan fingerprint density at radius 3 is 2.52 bits per heavy atom. The second kappa shape index (κ2) is 6.90. The fourth-order valence-corrected chi connectivity index (χ4v) is 3.34. The van der Waals surface area contributed by atoms with Crippen LogP contribution in [0.25, 0.3) is 21.9 Å². The number of aromatic nitrogens is 1. The molecule has 0 aliphatic carbocycles. The van der Waals surface area contributed by atoms with Gasteiger partial charge in [0.2, 0.25) is 6.41 Å². The minimum Gasteiger partial charge on any atom is -0.505 e. The second-order valence-corrected chi connectivity index (χ2v) is 6.04. The van der Waals surface area contributed by atoms with Crippen molar-refractivity contribution >= 4 is 39.1 Å². The molecular weight excluding hydrogens is 388 g/mol. The molecule has 3 rings (SSSR count). The van der Waals surface area contributed by atoms with Gasteiger partial charge in [0, 0.05) is 10.8 Å². The van der Waals surface area contributed by atoms with Gasteiger partial charge in [-0.2, -0.15) is 0 Å². The van der Waals surface area contributed by atoms with Crippen molar-refractivity contribution < 1.29 is 19.8 Å². The van der Waals surface area contributed by atoms with Crippen LogP contribution in [0.4, 0.5) is 0 Å². The zero-order valence-electron chi connectivity index (χ0n) is 12.8. The number of fused-ring (bicyclic) bond motifs is 1. The number of hydrogen-bond acceptors (Lipinski definition) is 4. The van der Waals surface area contributed by atoms with E-state index in [1.807, 2.05) is 36.4 Å². The van der Waals surface area contributed by atoms with Gasteiger partial charge in [-0.15, -0.1) is 0 Å². The van der Waals surface area contributed by atoms with E-state index >= 15 is 0 Å². The Bertz CT molecular complexity index is 960. The summed E-state index contributed by atoms with van der Waals surface area (Å²) in [6, 6.07) is 13.5. The maximum atomic E-state index is 11.4. The van der Waals surface area contributed by atoms with Crippen molar-refractivity contribution in [3.63, 3.8) is 0 Å². The van der Waals surface area contributed by atoms with Crippen LogP contribution in [0.15, 0.2) is 53.1 Å². The number of pyridine rings is 1. The van der Waals surface area contributed by atoms with E-state index in [2.05, 4.69) is 26.2 Å². The topological polar surface area (TPSA) is 99.5 Å². The molecule has 0 aliphatic rings. The lowest BCUT2D eigenvalue weighted by Gasteiger charge is -2.16. The number of carboxylic acid groups (broad SMARTS) is 1. The number of nitrogens with zero attached hydrogens (tertiary/aromatic N) is 1. The molecule has 0 fully saturated rings. The monoisotopic (exact) mass is 400 g/mol. The van der Waals surface area contributed by atoms with Gasteiger partial charge in [0.15, 0.2) is 6.04 Å². The van der Waals surface area contributed by atoms with Crippen LogP contribution in [-0.2, 0) is 9.59 Å². The van der Waals surface area contributed by atoms with Crippen molar-refractivity contribution in [3.05, 3.63) is 58.8 Å². The summed E-state index contributed by atoms with van der Waals surface area (Å²) in [4.78, 5) is 26.3. The first-order valence-electron chi connectivity index (χ1n) is 7.33. The van der Waals surface area contributed by atoms with Crippen LogP contribution in [0.1, 0.15) is 11.7 Å². The molecule has 1 atom stereocenters. The highest BCUT2D eigenvalue weighted by molar-refractivity contribution is 9.10. The fourth-order valence-electron chi connectivity index (χ4n) is 2.72. The van der Waals surface area contributed by atoms with E-state index in [0.717, 1.165) is 11.1 Å². The van der Waals surface area contributed by atoms with E-state index in [4.69, 9.17) is 0 Å². The number of aliphatic carboxylic acids is 1. The van der Waals surface area contributed by atoms with Gasteiger partial charge >= 0.3 is 5.97 Å². The summed E-state index contributed by atoms with van der Waals surface area (Å²) in [7, 11) is 0. The van der Waals surface area contributed by atoms with Crippen LogP contribution < -0.4 is 5.32 Å². The number of amides is 1. The van der Waals surface area contributed by atoms with Crippen LogP contribution in [0.3, 0.4) is 0 Å². The number of carbonyl (C=O) groups is 2. The summed E-state index contributed by atoms with van der Waals surface area (Å²) in [5, 5.41) is 23.1. The van der Waals surface area contributed by atoms with Gasteiger partial charge in [-0.05, 0) is 27.1 Å². The first kappa shape index (κ1) is 16.9. The van der Waals surface area contributed by atoms with E-state index < -0.39 is 12.0 Å². The number of hydrogen-bond donors (Lipinski definition) is 3. The molecule has 2 aromatic carbocycles. The highest BCUT2D eigenvalue weighted by atomic mass is 79.9. The molecule has 3 N–H and O–H groups in total. The van der Waals surface area contributed by atoms with E-state index in [1.54, 1.807) is 12.1 Å². The lowest BCUT2D eigenvalue weighted by molar-refractivity contribution is -0.140. The number of halogens is 1. The molecule has 0 unspecified atom stereocenters. The molecule has 126 valence electrons. The molecule has 1 amide bonds. The van der Waals surface area contributed by atoms with Crippen LogP contribution in [0.2, 0.25) is 0 Å². The number of benzene rings is 2. The Hall–Kier alpha value is -2.93. The summed E-state index contributed by atoms with van der Waals surface area (Å²) >= 11 is 3.37. The maximum absolute atomic E-state index is 11.4. The van der Waals surface area contributed by atoms with Crippen molar-refractivity contribution in [3.8, 4) is 16.9 Å². The van der Waals surface area contributed by atoms with E-state index in [1.165, 1.54) is 0 Å². The second-order valence-electron chi connectivity index (χ2n) is 5.29. The van der Waals surface area contributed by atoms with Gasteiger partial charge < -0.3 is 15.5 Å². The Balaban J connectivity index is 2.29. The largest absolute Gasteiger partial charge is 0.505 e. The van der Waals surface area contributed by atoms with E-state index in [-0.39, 0.29) is 17.9 Å². The Morgan fingerprint density at radius 2 is 1.88 bits per heavy atom. The summed E-state index contributed by atoms with van der Waals surface area (Å²) in [5.41, 5.74) is 1.64. The number of carboxylic acids is 1. The van der Waals surface area contributed by atoms with Gasteiger partial charge in [-0.1, -0.05) is 48.5 Å².